The zero-order chi connectivity index (χ0) is 13.9. The molecule has 0 saturated carbocycles. The number of imidazole rings is 1. The van der Waals surface area contributed by atoms with Crippen LogP contribution >= 0.6 is 0 Å². The van der Waals surface area contributed by atoms with Crippen LogP contribution in [-0.4, -0.2) is 38.3 Å². The lowest BCUT2D eigenvalue weighted by atomic mass is 10.3. The largest absolute Gasteiger partial charge is 0.356 e. The molecule has 1 aliphatic rings. The maximum Gasteiger partial charge on any atom is 0.271 e. The molecule has 7 nitrogen and oxygen atoms in total. The molecule has 0 atom stereocenters. The number of hydrogen-bond donors (Lipinski definition) is 2. The van der Waals surface area contributed by atoms with E-state index in [9.17, 15) is 4.79 Å². The highest BCUT2D eigenvalue weighted by Gasteiger charge is 2.16. The highest BCUT2D eigenvalue weighted by molar-refractivity contribution is 5.92. The SMILES string of the molecule is Cn1nccc1CCNC(=O)c1cn2c(n1)NCCC2. The Hall–Kier alpha value is -2.31. The van der Waals surface area contributed by atoms with Crippen molar-refractivity contribution >= 4 is 11.9 Å². The minimum absolute atomic E-state index is 0.129. The van der Waals surface area contributed by atoms with Gasteiger partial charge in [0.05, 0.1) is 0 Å². The van der Waals surface area contributed by atoms with Gasteiger partial charge in [0.1, 0.15) is 5.69 Å². The summed E-state index contributed by atoms with van der Waals surface area (Å²) in [4.78, 5) is 16.3. The number of hydrogen-bond acceptors (Lipinski definition) is 4. The molecule has 0 radical (unpaired) electrons. The molecular weight excluding hydrogens is 256 g/mol. The van der Waals surface area contributed by atoms with Crippen LogP contribution in [0.4, 0.5) is 5.95 Å². The first-order chi connectivity index (χ1) is 9.74. The van der Waals surface area contributed by atoms with E-state index in [1.165, 1.54) is 0 Å². The maximum atomic E-state index is 12.0. The number of aromatic nitrogens is 4. The molecule has 0 bridgehead atoms. The van der Waals surface area contributed by atoms with Crippen LogP contribution in [0.3, 0.4) is 0 Å². The molecule has 1 amide bonds. The van der Waals surface area contributed by atoms with E-state index in [1.54, 1.807) is 12.4 Å². The van der Waals surface area contributed by atoms with Gasteiger partial charge >= 0.3 is 0 Å². The van der Waals surface area contributed by atoms with Crippen LogP contribution in [-0.2, 0) is 20.0 Å². The Kier molecular flexibility index (Phi) is 3.41. The van der Waals surface area contributed by atoms with Gasteiger partial charge in [0.2, 0.25) is 5.95 Å². The summed E-state index contributed by atoms with van der Waals surface area (Å²) >= 11 is 0. The first kappa shape index (κ1) is 12.7. The summed E-state index contributed by atoms with van der Waals surface area (Å²) in [5.74, 6) is 0.656. The van der Waals surface area contributed by atoms with Crippen molar-refractivity contribution in [3.05, 3.63) is 29.8 Å². The fraction of sp³-hybridized carbons (Fsp3) is 0.462. The maximum absolute atomic E-state index is 12.0. The van der Waals surface area contributed by atoms with E-state index in [4.69, 9.17) is 0 Å². The van der Waals surface area contributed by atoms with Gasteiger partial charge in [0, 0.05) is 51.2 Å². The number of nitrogens with one attached hydrogen (secondary N) is 2. The summed E-state index contributed by atoms with van der Waals surface area (Å²) in [6, 6.07) is 1.95. The summed E-state index contributed by atoms with van der Waals surface area (Å²) in [6.45, 7) is 2.41. The van der Waals surface area contributed by atoms with E-state index in [-0.39, 0.29) is 5.91 Å². The molecule has 7 heteroatoms. The minimum Gasteiger partial charge on any atom is -0.356 e. The van der Waals surface area contributed by atoms with Gasteiger partial charge in [0.15, 0.2) is 0 Å². The number of carbonyl (C=O) groups excluding carboxylic acids is 1. The number of rotatable bonds is 4. The zero-order valence-corrected chi connectivity index (χ0v) is 11.5. The van der Waals surface area contributed by atoms with Crippen molar-refractivity contribution in [1.29, 1.82) is 0 Å². The number of anilines is 1. The van der Waals surface area contributed by atoms with E-state index < -0.39 is 0 Å². The highest BCUT2D eigenvalue weighted by atomic mass is 16.1. The van der Waals surface area contributed by atoms with Crippen LogP contribution in [0.2, 0.25) is 0 Å². The topological polar surface area (TPSA) is 76.8 Å². The molecule has 2 aromatic heterocycles. The van der Waals surface area contributed by atoms with Gasteiger partial charge in [-0.25, -0.2) is 4.98 Å². The van der Waals surface area contributed by atoms with Crippen molar-refractivity contribution < 1.29 is 4.79 Å². The second-order valence-corrected chi connectivity index (χ2v) is 4.88. The smallest absolute Gasteiger partial charge is 0.271 e. The fourth-order valence-electron chi connectivity index (χ4n) is 2.33. The molecule has 20 heavy (non-hydrogen) atoms. The zero-order valence-electron chi connectivity index (χ0n) is 11.5. The summed E-state index contributed by atoms with van der Waals surface area (Å²) < 4.78 is 3.80. The van der Waals surface area contributed by atoms with Crippen molar-refractivity contribution in [2.45, 2.75) is 19.4 Å². The summed E-state index contributed by atoms with van der Waals surface area (Å²) in [5.41, 5.74) is 1.57. The highest BCUT2D eigenvalue weighted by Crippen LogP contribution is 2.13. The first-order valence-corrected chi connectivity index (χ1v) is 6.80. The van der Waals surface area contributed by atoms with Crippen molar-refractivity contribution in [3.8, 4) is 0 Å². The van der Waals surface area contributed by atoms with Crippen molar-refractivity contribution in [1.82, 2.24) is 24.6 Å². The number of nitrogens with zero attached hydrogens (tertiary/aromatic N) is 4. The molecule has 0 fully saturated rings. The molecule has 0 spiro atoms. The second kappa shape index (κ2) is 5.36. The number of amides is 1. The van der Waals surface area contributed by atoms with Crippen LogP contribution in [0, 0.1) is 0 Å². The van der Waals surface area contributed by atoms with Crippen molar-refractivity contribution in [3.63, 3.8) is 0 Å². The predicted molar refractivity (Wildman–Crippen MR) is 74.6 cm³/mol. The summed E-state index contributed by atoms with van der Waals surface area (Å²) in [5, 5.41) is 10.2. The molecule has 2 N–H and O–H groups in total. The Labute approximate surface area is 117 Å². The van der Waals surface area contributed by atoms with E-state index >= 15 is 0 Å². The average molecular weight is 274 g/mol. The Bertz CT molecular complexity index is 591. The Morgan fingerprint density at radius 1 is 1.55 bits per heavy atom. The third-order valence-electron chi connectivity index (χ3n) is 3.46. The molecule has 0 aromatic carbocycles. The third kappa shape index (κ3) is 2.52. The fourth-order valence-corrected chi connectivity index (χ4v) is 2.33. The lowest BCUT2D eigenvalue weighted by Crippen LogP contribution is -2.26. The van der Waals surface area contributed by atoms with Crippen LogP contribution in [0.15, 0.2) is 18.5 Å². The Balaban J connectivity index is 1.56. The average Bonchev–Trinajstić information content (AvgIpc) is 3.05. The van der Waals surface area contributed by atoms with Crippen molar-refractivity contribution in [2.24, 2.45) is 7.05 Å². The lowest BCUT2D eigenvalue weighted by molar-refractivity contribution is 0.0949. The second-order valence-electron chi connectivity index (χ2n) is 4.88. The molecule has 1 aliphatic heterocycles. The standard InChI is InChI=1S/C13H18N6O/c1-18-10(4-7-16-18)3-6-14-12(20)11-9-19-8-2-5-15-13(19)17-11/h4,7,9H,2-3,5-6,8H2,1H3,(H,14,20)(H,15,17). The van der Waals surface area contributed by atoms with Gasteiger partial charge in [-0.2, -0.15) is 5.10 Å². The normalized spacial score (nSPS) is 13.7. The Morgan fingerprint density at radius 3 is 3.20 bits per heavy atom. The van der Waals surface area contributed by atoms with Gasteiger partial charge in [0.25, 0.3) is 5.91 Å². The van der Waals surface area contributed by atoms with Crippen LogP contribution in [0.25, 0.3) is 0 Å². The minimum atomic E-state index is -0.129. The first-order valence-electron chi connectivity index (χ1n) is 6.80. The molecule has 3 rings (SSSR count). The molecular formula is C13H18N6O. The molecule has 0 saturated heterocycles. The molecule has 106 valence electrons. The molecule has 0 aliphatic carbocycles. The van der Waals surface area contributed by atoms with E-state index in [0.29, 0.717) is 12.2 Å². The van der Waals surface area contributed by atoms with Gasteiger partial charge in [-0.1, -0.05) is 0 Å². The number of carbonyl (C=O) groups is 1. The Morgan fingerprint density at radius 2 is 2.45 bits per heavy atom. The molecule has 2 aromatic rings. The van der Waals surface area contributed by atoms with E-state index in [1.807, 2.05) is 22.4 Å². The molecule has 0 unspecified atom stereocenters. The van der Waals surface area contributed by atoms with E-state index in [2.05, 4.69) is 20.7 Å². The number of aryl methyl sites for hydroxylation is 2. The van der Waals surface area contributed by atoms with Crippen LogP contribution < -0.4 is 10.6 Å². The van der Waals surface area contributed by atoms with Crippen LogP contribution in [0.1, 0.15) is 22.6 Å². The van der Waals surface area contributed by atoms with Gasteiger partial charge in [-0.15, -0.1) is 0 Å². The number of fused-ring (bicyclic) bond motifs is 1. The lowest BCUT2D eigenvalue weighted by Gasteiger charge is -2.14. The van der Waals surface area contributed by atoms with Gasteiger partial charge in [-0.05, 0) is 12.5 Å². The quantitative estimate of drug-likeness (QED) is 0.846. The van der Waals surface area contributed by atoms with Gasteiger partial charge in [-0.3, -0.25) is 9.48 Å². The summed E-state index contributed by atoms with van der Waals surface area (Å²) in [6.07, 6.45) is 5.38. The van der Waals surface area contributed by atoms with Crippen LogP contribution in [0.5, 0.6) is 0 Å². The van der Waals surface area contributed by atoms with E-state index in [0.717, 1.165) is 37.6 Å². The third-order valence-corrected chi connectivity index (χ3v) is 3.46. The van der Waals surface area contributed by atoms with Crippen molar-refractivity contribution in [2.75, 3.05) is 18.4 Å². The molecule has 3 heterocycles. The van der Waals surface area contributed by atoms with Gasteiger partial charge < -0.3 is 15.2 Å². The predicted octanol–water partition coefficient (Wildman–Crippen LogP) is 0.405. The monoisotopic (exact) mass is 274 g/mol. The summed E-state index contributed by atoms with van der Waals surface area (Å²) in [7, 11) is 1.90.